The fraction of sp³-hybridized carbons (Fsp3) is 0.727. The zero-order valence-corrected chi connectivity index (χ0v) is 9.98. The largest absolute Gasteiger partial charge is 0.371 e. The molecule has 0 aliphatic heterocycles. The highest BCUT2D eigenvalue weighted by Gasteiger charge is 2.36. The van der Waals surface area contributed by atoms with E-state index < -0.39 is 0 Å². The molecule has 0 saturated heterocycles. The summed E-state index contributed by atoms with van der Waals surface area (Å²) in [5.74, 6) is 0. The van der Waals surface area contributed by atoms with Crippen LogP contribution in [-0.4, -0.2) is 12.1 Å². The standard InChI is InChI=1S/C11H18N2OS/c1-14-11(5-3-2-4-6-11)10-13-9(7-12)8-15-10/h8H,2-7,12H2,1H3. The lowest BCUT2D eigenvalue weighted by Gasteiger charge is -2.34. The van der Waals surface area contributed by atoms with Gasteiger partial charge in [-0.3, -0.25) is 0 Å². The number of rotatable bonds is 3. The molecule has 1 aromatic rings. The number of hydrogen-bond acceptors (Lipinski definition) is 4. The predicted molar refractivity (Wildman–Crippen MR) is 61.8 cm³/mol. The molecule has 0 bridgehead atoms. The summed E-state index contributed by atoms with van der Waals surface area (Å²) in [7, 11) is 1.80. The van der Waals surface area contributed by atoms with Crippen molar-refractivity contribution < 1.29 is 4.74 Å². The van der Waals surface area contributed by atoms with Gasteiger partial charge in [0.15, 0.2) is 0 Å². The third kappa shape index (κ3) is 2.07. The van der Waals surface area contributed by atoms with E-state index in [0.29, 0.717) is 6.54 Å². The quantitative estimate of drug-likeness (QED) is 0.861. The first-order valence-electron chi connectivity index (χ1n) is 5.51. The highest BCUT2D eigenvalue weighted by Crippen LogP contribution is 2.41. The van der Waals surface area contributed by atoms with Crippen molar-refractivity contribution in [2.75, 3.05) is 7.11 Å². The van der Waals surface area contributed by atoms with Crippen molar-refractivity contribution in [2.24, 2.45) is 5.73 Å². The molecule has 2 rings (SSSR count). The van der Waals surface area contributed by atoms with Crippen LogP contribution in [0.2, 0.25) is 0 Å². The minimum absolute atomic E-state index is 0.115. The summed E-state index contributed by atoms with van der Waals surface area (Å²) in [6, 6.07) is 0. The van der Waals surface area contributed by atoms with Gasteiger partial charge in [-0.2, -0.15) is 0 Å². The third-order valence-electron chi connectivity index (χ3n) is 3.20. The minimum Gasteiger partial charge on any atom is -0.371 e. The van der Waals surface area contributed by atoms with Gasteiger partial charge in [0, 0.05) is 19.0 Å². The van der Waals surface area contributed by atoms with E-state index in [1.807, 2.05) is 5.38 Å². The van der Waals surface area contributed by atoms with Crippen molar-refractivity contribution in [1.82, 2.24) is 4.98 Å². The zero-order valence-electron chi connectivity index (χ0n) is 9.16. The fourth-order valence-electron chi connectivity index (χ4n) is 2.24. The van der Waals surface area contributed by atoms with Crippen molar-refractivity contribution in [3.05, 3.63) is 16.1 Å². The number of nitrogens with two attached hydrogens (primary N) is 1. The van der Waals surface area contributed by atoms with E-state index in [1.54, 1.807) is 18.4 Å². The second kappa shape index (κ2) is 4.60. The molecule has 1 aromatic heterocycles. The first kappa shape index (κ1) is 11.0. The predicted octanol–water partition coefficient (Wildman–Crippen LogP) is 2.41. The molecule has 1 aliphatic carbocycles. The van der Waals surface area contributed by atoms with E-state index in [2.05, 4.69) is 4.98 Å². The van der Waals surface area contributed by atoms with Crippen molar-refractivity contribution >= 4 is 11.3 Å². The first-order chi connectivity index (χ1) is 7.30. The second-order valence-corrected chi connectivity index (χ2v) is 4.97. The first-order valence-corrected chi connectivity index (χ1v) is 6.39. The maximum absolute atomic E-state index is 5.73. The Kier molecular flexibility index (Phi) is 3.38. The molecule has 1 fully saturated rings. The van der Waals surface area contributed by atoms with Gasteiger partial charge in [0.25, 0.3) is 0 Å². The van der Waals surface area contributed by atoms with Crippen LogP contribution in [0.15, 0.2) is 5.38 Å². The van der Waals surface area contributed by atoms with Crippen molar-refractivity contribution in [3.8, 4) is 0 Å². The molecule has 15 heavy (non-hydrogen) atoms. The van der Waals surface area contributed by atoms with Crippen LogP contribution >= 0.6 is 11.3 Å². The molecule has 2 N–H and O–H groups in total. The number of hydrogen-bond donors (Lipinski definition) is 1. The van der Waals surface area contributed by atoms with Gasteiger partial charge in [-0.05, 0) is 12.8 Å². The Hall–Kier alpha value is -0.450. The van der Waals surface area contributed by atoms with Gasteiger partial charge in [-0.1, -0.05) is 19.3 Å². The van der Waals surface area contributed by atoms with Crippen LogP contribution in [0, 0.1) is 0 Å². The monoisotopic (exact) mass is 226 g/mol. The Morgan fingerprint density at radius 1 is 1.47 bits per heavy atom. The molecule has 1 heterocycles. The van der Waals surface area contributed by atoms with Gasteiger partial charge in [0.1, 0.15) is 10.6 Å². The third-order valence-corrected chi connectivity index (χ3v) is 4.28. The molecule has 84 valence electrons. The number of aromatic nitrogens is 1. The maximum Gasteiger partial charge on any atom is 0.125 e. The molecule has 1 saturated carbocycles. The lowest BCUT2D eigenvalue weighted by molar-refractivity contribution is -0.0447. The van der Waals surface area contributed by atoms with Crippen LogP contribution in [0.3, 0.4) is 0 Å². The Labute approximate surface area is 94.7 Å². The molecular formula is C11H18N2OS. The summed E-state index contributed by atoms with van der Waals surface area (Å²) in [6.45, 7) is 0.524. The average molecular weight is 226 g/mol. The van der Waals surface area contributed by atoms with Gasteiger partial charge in [0.05, 0.1) is 5.69 Å². The highest BCUT2D eigenvalue weighted by atomic mass is 32.1. The van der Waals surface area contributed by atoms with Gasteiger partial charge in [-0.15, -0.1) is 11.3 Å². The summed E-state index contributed by atoms with van der Waals surface area (Å²) in [4.78, 5) is 4.56. The van der Waals surface area contributed by atoms with Gasteiger partial charge in [-0.25, -0.2) is 4.98 Å². The molecule has 4 heteroatoms. The smallest absolute Gasteiger partial charge is 0.125 e. The molecule has 3 nitrogen and oxygen atoms in total. The Balaban J connectivity index is 2.24. The zero-order chi connectivity index (χ0) is 10.7. The van der Waals surface area contributed by atoms with Crippen LogP contribution in [0.5, 0.6) is 0 Å². The molecular weight excluding hydrogens is 208 g/mol. The molecule has 0 radical (unpaired) electrons. The van der Waals surface area contributed by atoms with E-state index in [9.17, 15) is 0 Å². The van der Waals surface area contributed by atoms with E-state index in [4.69, 9.17) is 10.5 Å². The average Bonchev–Trinajstić information content (AvgIpc) is 2.79. The molecule has 0 spiro atoms. The molecule has 1 aliphatic rings. The van der Waals surface area contributed by atoms with Crippen LogP contribution in [0.25, 0.3) is 0 Å². The summed E-state index contributed by atoms with van der Waals surface area (Å²) in [6.07, 6.45) is 6.00. The number of ether oxygens (including phenoxy) is 1. The lowest BCUT2D eigenvalue weighted by Crippen LogP contribution is -2.31. The van der Waals surface area contributed by atoms with Gasteiger partial charge in [0.2, 0.25) is 0 Å². The van der Waals surface area contributed by atoms with Crippen molar-refractivity contribution in [2.45, 2.75) is 44.2 Å². The summed E-state index contributed by atoms with van der Waals surface area (Å²) >= 11 is 1.69. The van der Waals surface area contributed by atoms with Crippen molar-refractivity contribution in [1.29, 1.82) is 0 Å². The van der Waals surface area contributed by atoms with Crippen LogP contribution in [-0.2, 0) is 16.9 Å². The van der Waals surface area contributed by atoms with Crippen LogP contribution in [0.1, 0.15) is 42.8 Å². The maximum atomic E-state index is 5.73. The SMILES string of the molecule is COC1(c2nc(CN)cs2)CCCCC1. The topological polar surface area (TPSA) is 48.1 Å². The van der Waals surface area contributed by atoms with E-state index in [0.717, 1.165) is 23.5 Å². The molecule has 0 unspecified atom stereocenters. The molecule has 0 aromatic carbocycles. The van der Waals surface area contributed by atoms with E-state index >= 15 is 0 Å². The van der Waals surface area contributed by atoms with Crippen LogP contribution < -0.4 is 5.73 Å². The van der Waals surface area contributed by atoms with E-state index in [-0.39, 0.29) is 5.60 Å². The Morgan fingerprint density at radius 3 is 2.73 bits per heavy atom. The highest BCUT2D eigenvalue weighted by molar-refractivity contribution is 7.09. The van der Waals surface area contributed by atoms with E-state index in [1.165, 1.54) is 19.3 Å². The van der Waals surface area contributed by atoms with Gasteiger partial charge >= 0.3 is 0 Å². The Bertz CT molecular complexity index is 318. The number of methoxy groups -OCH3 is 1. The normalized spacial score (nSPS) is 20.4. The minimum atomic E-state index is -0.115. The Morgan fingerprint density at radius 2 is 2.20 bits per heavy atom. The second-order valence-electron chi connectivity index (χ2n) is 4.11. The number of thiazole rings is 1. The lowest BCUT2D eigenvalue weighted by atomic mass is 9.85. The van der Waals surface area contributed by atoms with Gasteiger partial charge < -0.3 is 10.5 Å². The molecule has 0 amide bonds. The number of nitrogens with zero attached hydrogens (tertiary/aromatic N) is 1. The fourth-order valence-corrected chi connectivity index (χ4v) is 3.31. The van der Waals surface area contributed by atoms with Crippen molar-refractivity contribution in [3.63, 3.8) is 0 Å². The summed E-state index contributed by atoms with van der Waals surface area (Å²) < 4.78 is 5.73. The summed E-state index contributed by atoms with van der Waals surface area (Å²) in [5.41, 5.74) is 6.45. The summed E-state index contributed by atoms with van der Waals surface area (Å²) in [5, 5.41) is 3.16. The molecule has 0 atom stereocenters. The van der Waals surface area contributed by atoms with Crippen LogP contribution in [0.4, 0.5) is 0 Å².